The van der Waals surface area contributed by atoms with Crippen LogP contribution in [0.1, 0.15) is 26.5 Å². The van der Waals surface area contributed by atoms with Crippen LogP contribution in [0.25, 0.3) is 5.69 Å². The Morgan fingerprint density at radius 1 is 1.16 bits per heavy atom. The van der Waals surface area contributed by atoms with Crippen LogP contribution in [-0.2, 0) is 5.67 Å². The minimum Gasteiger partial charge on any atom is -0.327 e. The fourth-order valence-corrected chi connectivity index (χ4v) is 2.17. The number of benzene rings is 1. The molecule has 1 atom stereocenters. The molecule has 0 saturated heterocycles. The van der Waals surface area contributed by atoms with Gasteiger partial charge in [0, 0.05) is 18.2 Å². The van der Waals surface area contributed by atoms with Gasteiger partial charge in [-0.1, -0.05) is 39.0 Å². The van der Waals surface area contributed by atoms with Crippen molar-refractivity contribution < 1.29 is 4.39 Å². The molecule has 1 aromatic heterocycles. The van der Waals surface area contributed by atoms with Crippen molar-refractivity contribution >= 4 is 0 Å². The van der Waals surface area contributed by atoms with Gasteiger partial charge < -0.3 is 5.73 Å². The molecule has 1 unspecified atom stereocenters. The summed E-state index contributed by atoms with van der Waals surface area (Å²) in [6, 6.07) is 11.2. The van der Waals surface area contributed by atoms with Gasteiger partial charge in [-0.15, -0.1) is 0 Å². The minimum atomic E-state index is -1.63. The predicted octanol–water partition coefficient (Wildman–Crippen LogP) is 3.04. The summed E-state index contributed by atoms with van der Waals surface area (Å²) in [6.45, 7) is 5.47. The molecule has 0 fully saturated rings. The van der Waals surface area contributed by atoms with E-state index in [1.807, 2.05) is 51.1 Å². The third-order valence-corrected chi connectivity index (χ3v) is 3.52. The molecule has 0 bridgehead atoms. The highest BCUT2D eigenvalue weighted by molar-refractivity contribution is 5.34. The van der Waals surface area contributed by atoms with Gasteiger partial charge in [-0.05, 0) is 18.2 Å². The van der Waals surface area contributed by atoms with E-state index in [1.165, 1.54) is 0 Å². The molecule has 102 valence electrons. The molecule has 0 amide bonds. The van der Waals surface area contributed by atoms with Gasteiger partial charge in [-0.2, -0.15) is 5.10 Å². The number of rotatable bonds is 3. The third-order valence-electron chi connectivity index (χ3n) is 3.52. The van der Waals surface area contributed by atoms with E-state index in [2.05, 4.69) is 5.10 Å². The lowest BCUT2D eigenvalue weighted by molar-refractivity contribution is 0.0276. The highest BCUT2D eigenvalue weighted by atomic mass is 19.1. The largest absolute Gasteiger partial charge is 0.327 e. The number of para-hydroxylation sites is 1. The molecule has 0 saturated carbocycles. The van der Waals surface area contributed by atoms with E-state index in [9.17, 15) is 0 Å². The van der Waals surface area contributed by atoms with Crippen molar-refractivity contribution in [3.63, 3.8) is 0 Å². The van der Waals surface area contributed by atoms with Crippen molar-refractivity contribution in [3.05, 3.63) is 48.3 Å². The number of hydrogen-bond acceptors (Lipinski definition) is 2. The molecule has 2 aromatic rings. The van der Waals surface area contributed by atoms with E-state index >= 15 is 4.39 Å². The summed E-state index contributed by atoms with van der Waals surface area (Å²) < 4.78 is 17.0. The molecule has 2 rings (SSSR count). The summed E-state index contributed by atoms with van der Waals surface area (Å²) in [5.41, 5.74) is 4.82. The van der Waals surface area contributed by atoms with Crippen molar-refractivity contribution in [2.24, 2.45) is 11.1 Å². The second kappa shape index (κ2) is 4.78. The molecule has 2 N–H and O–H groups in total. The first-order valence-corrected chi connectivity index (χ1v) is 6.39. The van der Waals surface area contributed by atoms with Gasteiger partial charge in [0.25, 0.3) is 0 Å². The smallest absolute Gasteiger partial charge is 0.169 e. The second-order valence-electron chi connectivity index (χ2n) is 5.72. The van der Waals surface area contributed by atoms with Crippen LogP contribution in [0.5, 0.6) is 0 Å². The molecule has 4 heteroatoms. The second-order valence-corrected chi connectivity index (χ2v) is 5.72. The molecule has 3 nitrogen and oxygen atoms in total. The average Bonchev–Trinajstić information content (AvgIpc) is 2.87. The van der Waals surface area contributed by atoms with Gasteiger partial charge in [-0.25, -0.2) is 9.07 Å². The summed E-state index contributed by atoms with van der Waals surface area (Å²) in [4.78, 5) is 0. The fraction of sp³-hybridized carbons (Fsp3) is 0.400. The van der Waals surface area contributed by atoms with E-state index in [-0.39, 0.29) is 6.54 Å². The molecule has 1 aromatic carbocycles. The third kappa shape index (κ3) is 2.28. The SMILES string of the molecule is CC(C)(C)C(F)(CN)c1ccnn1-c1ccccc1. The van der Waals surface area contributed by atoms with Crippen molar-refractivity contribution in [2.45, 2.75) is 26.4 Å². The molecule has 0 radical (unpaired) electrons. The summed E-state index contributed by atoms with van der Waals surface area (Å²) in [7, 11) is 0. The Morgan fingerprint density at radius 2 is 1.79 bits per heavy atom. The van der Waals surface area contributed by atoms with Gasteiger partial charge in [0.05, 0.1) is 11.4 Å². The van der Waals surface area contributed by atoms with Crippen molar-refractivity contribution in [1.29, 1.82) is 0 Å². The van der Waals surface area contributed by atoms with Crippen molar-refractivity contribution in [3.8, 4) is 5.69 Å². The number of nitrogens with zero attached hydrogens (tertiary/aromatic N) is 2. The molecular formula is C15H20FN3. The number of halogens is 1. The number of nitrogens with two attached hydrogens (primary N) is 1. The Kier molecular flexibility index (Phi) is 3.45. The summed E-state index contributed by atoms with van der Waals surface area (Å²) in [5, 5.41) is 4.24. The maximum absolute atomic E-state index is 15.4. The maximum Gasteiger partial charge on any atom is 0.169 e. The zero-order valence-corrected chi connectivity index (χ0v) is 11.6. The molecule has 19 heavy (non-hydrogen) atoms. The molecule has 0 aliphatic carbocycles. The number of hydrogen-bond donors (Lipinski definition) is 1. The zero-order chi connectivity index (χ0) is 14.1. The van der Waals surface area contributed by atoms with Crippen LogP contribution < -0.4 is 5.73 Å². The standard InChI is InChI=1S/C15H20FN3/c1-14(2,3)15(16,11-17)13-9-10-18-19(13)12-7-5-4-6-8-12/h4-10H,11,17H2,1-3H3. The van der Waals surface area contributed by atoms with Crippen LogP contribution in [0.15, 0.2) is 42.6 Å². The zero-order valence-electron chi connectivity index (χ0n) is 11.6. The van der Waals surface area contributed by atoms with Crippen LogP contribution >= 0.6 is 0 Å². The van der Waals surface area contributed by atoms with Crippen LogP contribution in [0, 0.1) is 5.41 Å². The topological polar surface area (TPSA) is 43.8 Å². The van der Waals surface area contributed by atoms with Crippen LogP contribution in [0.3, 0.4) is 0 Å². The quantitative estimate of drug-likeness (QED) is 0.923. The molecule has 0 aliphatic rings. The van der Waals surface area contributed by atoms with E-state index in [4.69, 9.17) is 5.73 Å². The van der Waals surface area contributed by atoms with Gasteiger partial charge in [0.1, 0.15) is 0 Å². The maximum atomic E-state index is 15.4. The van der Waals surface area contributed by atoms with E-state index in [0.717, 1.165) is 5.69 Å². The lowest BCUT2D eigenvalue weighted by Gasteiger charge is -2.37. The lowest BCUT2D eigenvalue weighted by Crippen LogP contribution is -2.44. The minimum absolute atomic E-state index is 0.0744. The first kappa shape index (κ1) is 13.7. The van der Waals surface area contributed by atoms with E-state index in [1.54, 1.807) is 16.9 Å². The van der Waals surface area contributed by atoms with E-state index < -0.39 is 11.1 Å². The van der Waals surface area contributed by atoms with Gasteiger partial charge in [0.15, 0.2) is 5.67 Å². The van der Waals surface area contributed by atoms with Gasteiger partial charge in [-0.3, -0.25) is 0 Å². The fourth-order valence-electron chi connectivity index (χ4n) is 2.17. The lowest BCUT2D eigenvalue weighted by atomic mass is 9.76. The first-order valence-electron chi connectivity index (χ1n) is 6.39. The Labute approximate surface area is 113 Å². The number of alkyl halides is 1. The Balaban J connectivity index is 2.56. The summed E-state index contributed by atoms with van der Waals surface area (Å²) in [5.74, 6) is 0. The normalized spacial score (nSPS) is 15.2. The first-order chi connectivity index (χ1) is 8.90. The highest BCUT2D eigenvalue weighted by Gasteiger charge is 2.45. The predicted molar refractivity (Wildman–Crippen MR) is 74.9 cm³/mol. The van der Waals surface area contributed by atoms with Crippen LogP contribution in [0.4, 0.5) is 4.39 Å². The van der Waals surface area contributed by atoms with Crippen molar-refractivity contribution in [1.82, 2.24) is 9.78 Å². The van der Waals surface area contributed by atoms with E-state index in [0.29, 0.717) is 5.69 Å². The van der Waals surface area contributed by atoms with Crippen molar-refractivity contribution in [2.75, 3.05) is 6.54 Å². The highest BCUT2D eigenvalue weighted by Crippen LogP contribution is 2.42. The monoisotopic (exact) mass is 261 g/mol. The average molecular weight is 261 g/mol. The Hall–Kier alpha value is -1.68. The van der Waals surface area contributed by atoms with Crippen LogP contribution in [-0.4, -0.2) is 16.3 Å². The molecule has 1 heterocycles. The summed E-state index contributed by atoms with van der Waals surface area (Å²) in [6.07, 6.45) is 1.61. The Morgan fingerprint density at radius 3 is 2.32 bits per heavy atom. The van der Waals surface area contributed by atoms with Crippen LogP contribution in [0.2, 0.25) is 0 Å². The molecular weight excluding hydrogens is 241 g/mol. The molecule has 0 spiro atoms. The van der Waals surface area contributed by atoms with Gasteiger partial charge in [0.2, 0.25) is 0 Å². The molecule has 0 aliphatic heterocycles. The van der Waals surface area contributed by atoms with Gasteiger partial charge >= 0.3 is 0 Å². The Bertz CT molecular complexity index is 542. The summed E-state index contributed by atoms with van der Waals surface area (Å²) >= 11 is 0. The number of aromatic nitrogens is 2.